The lowest BCUT2D eigenvalue weighted by atomic mass is 9.86. The van der Waals surface area contributed by atoms with E-state index in [1.807, 2.05) is 50.2 Å². The molecule has 0 saturated heterocycles. The number of benzene rings is 2. The van der Waals surface area contributed by atoms with Gasteiger partial charge in [0.1, 0.15) is 5.52 Å². The first-order valence-electron chi connectivity index (χ1n) is 7.77. The highest BCUT2D eigenvalue weighted by molar-refractivity contribution is 6.07. The van der Waals surface area contributed by atoms with Crippen molar-refractivity contribution in [3.8, 4) is 11.7 Å². The summed E-state index contributed by atoms with van der Waals surface area (Å²) in [7, 11) is 0. The molecule has 5 heteroatoms. The molecule has 1 aliphatic rings. The van der Waals surface area contributed by atoms with Crippen LogP contribution in [0.15, 0.2) is 51.5 Å². The van der Waals surface area contributed by atoms with E-state index in [0.717, 1.165) is 22.0 Å². The van der Waals surface area contributed by atoms with E-state index in [-0.39, 0.29) is 5.91 Å². The minimum Gasteiger partial charge on any atom is -0.458 e. The maximum Gasteiger partial charge on any atom is 0.264 e. The molecule has 1 N–H and O–H groups in total. The first-order chi connectivity index (χ1) is 11.5. The van der Waals surface area contributed by atoms with Crippen molar-refractivity contribution in [1.82, 2.24) is 4.98 Å². The number of amides is 1. The molecule has 0 radical (unpaired) electrons. The number of nitrogens with one attached hydrogen (secondary N) is 1. The minimum atomic E-state index is -0.569. The van der Waals surface area contributed by atoms with Crippen LogP contribution >= 0.6 is 0 Å². The number of furan rings is 1. The van der Waals surface area contributed by atoms with Crippen molar-refractivity contribution in [2.45, 2.75) is 19.3 Å². The van der Waals surface area contributed by atoms with Crippen LogP contribution in [0.1, 0.15) is 19.4 Å². The van der Waals surface area contributed by atoms with Crippen LogP contribution in [-0.2, 0) is 10.2 Å². The van der Waals surface area contributed by atoms with Crippen molar-refractivity contribution >= 4 is 33.5 Å². The van der Waals surface area contributed by atoms with Crippen molar-refractivity contribution in [3.05, 3.63) is 48.2 Å². The van der Waals surface area contributed by atoms with E-state index in [0.29, 0.717) is 22.8 Å². The fourth-order valence-corrected chi connectivity index (χ4v) is 3.25. The van der Waals surface area contributed by atoms with Gasteiger partial charge < -0.3 is 14.2 Å². The predicted octanol–water partition coefficient (Wildman–Crippen LogP) is 4.47. The highest BCUT2D eigenvalue weighted by Crippen LogP contribution is 2.41. The Hall–Kier alpha value is -3.08. The first kappa shape index (κ1) is 13.4. The van der Waals surface area contributed by atoms with Crippen LogP contribution in [0.25, 0.3) is 33.5 Å². The molecule has 118 valence electrons. The van der Waals surface area contributed by atoms with Gasteiger partial charge in [0, 0.05) is 22.5 Å². The Morgan fingerprint density at radius 1 is 1.17 bits per heavy atom. The number of anilines is 1. The van der Waals surface area contributed by atoms with E-state index in [4.69, 9.17) is 8.83 Å². The maximum atomic E-state index is 12.1. The standard InChI is InChI=1S/C19H14N2O3/c1-19(2)12-7-14-15(8-13(12)21-18(19)22)24-17(20-14)16-11-6-4-3-5-10(11)9-23-16/h3-9H,1-2H3,(H,21,22). The molecule has 4 aromatic rings. The van der Waals surface area contributed by atoms with Crippen LogP contribution in [-0.4, -0.2) is 10.9 Å². The lowest BCUT2D eigenvalue weighted by Crippen LogP contribution is -2.26. The van der Waals surface area contributed by atoms with Gasteiger partial charge in [-0.05, 0) is 25.5 Å². The number of hydrogen-bond acceptors (Lipinski definition) is 4. The molecule has 2 aromatic carbocycles. The lowest BCUT2D eigenvalue weighted by Gasteiger charge is -2.14. The van der Waals surface area contributed by atoms with Gasteiger partial charge in [-0.2, -0.15) is 0 Å². The molecule has 0 saturated carbocycles. The molecule has 0 unspecified atom stereocenters. The van der Waals surface area contributed by atoms with E-state index >= 15 is 0 Å². The van der Waals surface area contributed by atoms with Gasteiger partial charge in [0.25, 0.3) is 5.89 Å². The van der Waals surface area contributed by atoms with Gasteiger partial charge in [0.05, 0.1) is 11.7 Å². The third kappa shape index (κ3) is 1.64. The number of carbonyl (C=O) groups excluding carboxylic acids is 1. The summed E-state index contributed by atoms with van der Waals surface area (Å²) in [6.07, 6.45) is 1.70. The average Bonchev–Trinajstić information content (AvgIpc) is 3.21. The monoisotopic (exact) mass is 318 g/mol. The molecule has 0 atom stereocenters. The molecule has 2 aromatic heterocycles. The van der Waals surface area contributed by atoms with Crippen molar-refractivity contribution < 1.29 is 13.6 Å². The van der Waals surface area contributed by atoms with E-state index in [1.54, 1.807) is 6.26 Å². The zero-order valence-electron chi connectivity index (χ0n) is 13.2. The number of carbonyl (C=O) groups is 1. The Morgan fingerprint density at radius 3 is 2.88 bits per heavy atom. The molecule has 24 heavy (non-hydrogen) atoms. The number of hydrogen-bond donors (Lipinski definition) is 1. The zero-order chi connectivity index (χ0) is 16.5. The average molecular weight is 318 g/mol. The summed E-state index contributed by atoms with van der Waals surface area (Å²) in [4.78, 5) is 16.7. The molecule has 0 fully saturated rings. The van der Waals surface area contributed by atoms with Crippen molar-refractivity contribution in [2.24, 2.45) is 0 Å². The maximum absolute atomic E-state index is 12.1. The van der Waals surface area contributed by atoms with Gasteiger partial charge in [0.15, 0.2) is 11.3 Å². The molecule has 3 heterocycles. The smallest absolute Gasteiger partial charge is 0.264 e. The van der Waals surface area contributed by atoms with Gasteiger partial charge in [-0.3, -0.25) is 4.79 Å². The molecule has 0 aliphatic carbocycles. The van der Waals surface area contributed by atoms with Gasteiger partial charge in [-0.25, -0.2) is 4.98 Å². The fraction of sp³-hybridized carbons (Fsp3) is 0.158. The van der Waals surface area contributed by atoms with Crippen LogP contribution in [0.3, 0.4) is 0 Å². The second-order valence-corrected chi connectivity index (χ2v) is 6.62. The summed E-state index contributed by atoms with van der Waals surface area (Å²) in [6.45, 7) is 3.81. The van der Waals surface area contributed by atoms with Crippen molar-refractivity contribution in [2.75, 3.05) is 5.32 Å². The van der Waals surface area contributed by atoms with E-state index in [1.165, 1.54) is 0 Å². The highest BCUT2D eigenvalue weighted by atomic mass is 16.4. The number of rotatable bonds is 1. The predicted molar refractivity (Wildman–Crippen MR) is 90.9 cm³/mol. The molecular weight excluding hydrogens is 304 g/mol. The van der Waals surface area contributed by atoms with E-state index in [2.05, 4.69) is 10.3 Å². The van der Waals surface area contributed by atoms with Gasteiger partial charge in [-0.15, -0.1) is 0 Å². The van der Waals surface area contributed by atoms with E-state index < -0.39 is 5.41 Å². The lowest BCUT2D eigenvalue weighted by molar-refractivity contribution is -0.119. The summed E-state index contributed by atoms with van der Waals surface area (Å²) in [5.41, 5.74) is 2.49. The Balaban J connectivity index is 1.72. The summed E-state index contributed by atoms with van der Waals surface area (Å²) in [5, 5.41) is 4.87. The third-order valence-electron chi connectivity index (χ3n) is 4.72. The fourth-order valence-electron chi connectivity index (χ4n) is 3.25. The SMILES string of the molecule is CC1(C)C(=O)Nc2cc3oc(-c4occ5ccccc45)nc3cc21. The van der Waals surface area contributed by atoms with Crippen LogP contribution < -0.4 is 5.32 Å². The normalized spacial score (nSPS) is 15.8. The number of fused-ring (bicyclic) bond motifs is 3. The second-order valence-electron chi connectivity index (χ2n) is 6.62. The van der Waals surface area contributed by atoms with E-state index in [9.17, 15) is 4.79 Å². The van der Waals surface area contributed by atoms with Gasteiger partial charge >= 0.3 is 0 Å². The highest BCUT2D eigenvalue weighted by Gasteiger charge is 2.39. The molecule has 0 spiro atoms. The molecular formula is C19H14N2O3. The van der Waals surface area contributed by atoms with Crippen LogP contribution in [0.5, 0.6) is 0 Å². The Kier molecular flexibility index (Phi) is 2.37. The van der Waals surface area contributed by atoms with Gasteiger partial charge in [-0.1, -0.05) is 24.3 Å². The summed E-state index contributed by atoms with van der Waals surface area (Å²) >= 11 is 0. The van der Waals surface area contributed by atoms with Crippen LogP contribution in [0, 0.1) is 0 Å². The summed E-state index contributed by atoms with van der Waals surface area (Å²) < 4.78 is 11.6. The molecule has 5 rings (SSSR count). The zero-order valence-corrected chi connectivity index (χ0v) is 13.2. The minimum absolute atomic E-state index is 0.0117. The summed E-state index contributed by atoms with van der Waals surface area (Å²) in [5.74, 6) is 1.05. The molecule has 1 aliphatic heterocycles. The first-order valence-corrected chi connectivity index (χ1v) is 7.77. The molecule has 0 bridgehead atoms. The Morgan fingerprint density at radius 2 is 2.00 bits per heavy atom. The number of aromatic nitrogens is 1. The third-order valence-corrected chi connectivity index (χ3v) is 4.72. The Bertz CT molecular complexity index is 1130. The second kappa shape index (κ2) is 4.26. The van der Waals surface area contributed by atoms with Crippen LogP contribution in [0.2, 0.25) is 0 Å². The Labute approximate surface area is 137 Å². The van der Waals surface area contributed by atoms with Crippen LogP contribution in [0.4, 0.5) is 5.69 Å². The summed E-state index contributed by atoms with van der Waals surface area (Å²) in [6, 6.07) is 11.6. The largest absolute Gasteiger partial charge is 0.458 e. The van der Waals surface area contributed by atoms with Crippen molar-refractivity contribution in [1.29, 1.82) is 0 Å². The topological polar surface area (TPSA) is 68.3 Å². The molecule has 5 nitrogen and oxygen atoms in total. The number of nitrogens with zero attached hydrogens (tertiary/aromatic N) is 1. The number of oxazole rings is 1. The quantitative estimate of drug-likeness (QED) is 0.562. The molecule has 1 amide bonds. The van der Waals surface area contributed by atoms with Gasteiger partial charge in [0.2, 0.25) is 5.91 Å². The van der Waals surface area contributed by atoms with Crippen molar-refractivity contribution in [3.63, 3.8) is 0 Å².